The average molecular weight is 259 g/mol. The number of hydrogen-bond acceptors (Lipinski definition) is 2. The van der Waals surface area contributed by atoms with E-state index in [0.29, 0.717) is 12.1 Å². The molecule has 1 aromatic rings. The molecule has 2 N–H and O–H groups in total. The molecule has 0 saturated heterocycles. The van der Waals surface area contributed by atoms with Crippen LogP contribution < -0.4 is 5.73 Å². The zero-order chi connectivity index (χ0) is 13.5. The average Bonchev–Trinajstić information content (AvgIpc) is 2.38. The third kappa shape index (κ3) is 4.14. The fourth-order valence-electron chi connectivity index (χ4n) is 1.77. The maximum absolute atomic E-state index is 12.4. The Labute approximate surface area is 104 Å². The Bertz CT molecular complexity index is 403. The van der Waals surface area contributed by atoms with Crippen LogP contribution in [-0.4, -0.2) is 12.3 Å². The van der Waals surface area contributed by atoms with E-state index in [1.165, 1.54) is 32.1 Å². The first-order valence-corrected chi connectivity index (χ1v) is 5.90. The van der Waals surface area contributed by atoms with Gasteiger partial charge in [0.05, 0.1) is 5.56 Å². The predicted octanol–water partition coefficient (Wildman–Crippen LogP) is 3.19. The second-order valence-corrected chi connectivity index (χ2v) is 4.28. The van der Waals surface area contributed by atoms with Gasteiger partial charge >= 0.3 is 0 Å². The van der Waals surface area contributed by atoms with Crippen molar-refractivity contribution < 1.29 is 18.0 Å². The minimum Gasteiger partial charge on any atom is -0.328 e. The summed E-state index contributed by atoms with van der Waals surface area (Å²) in [5.74, 6) is -4.36. The van der Waals surface area contributed by atoms with Crippen LogP contribution in [-0.2, 0) is 0 Å². The summed E-state index contributed by atoms with van der Waals surface area (Å²) in [5.41, 5.74) is 5.15. The van der Waals surface area contributed by atoms with Gasteiger partial charge in [-0.1, -0.05) is 19.3 Å². The number of carbonyl (C=O) groups is 1. The monoisotopic (exact) mass is 259 g/mol. The Morgan fingerprint density at radius 1 is 1.06 bits per heavy atom. The van der Waals surface area contributed by atoms with Crippen molar-refractivity contribution >= 4 is 6.29 Å². The van der Waals surface area contributed by atoms with E-state index in [9.17, 15) is 18.0 Å². The highest BCUT2D eigenvalue weighted by Crippen LogP contribution is 2.15. The number of aldehydes is 1. The van der Waals surface area contributed by atoms with Crippen molar-refractivity contribution in [3.8, 4) is 0 Å². The molecule has 0 spiro atoms. The van der Waals surface area contributed by atoms with E-state index in [4.69, 9.17) is 5.73 Å². The minimum absolute atomic E-state index is 0.123. The molecule has 1 aliphatic rings. The summed E-state index contributed by atoms with van der Waals surface area (Å²) >= 11 is 0. The molecule has 0 aromatic heterocycles. The molecule has 100 valence electrons. The maximum atomic E-state index is 12.4. The van der Waals surface area contributed by atoms with E-state index in [1.54, 1.807) is 0 Å². The third-order valence-corrected chi connectivity index (χ3v) is 2.84. The second-order valence-electron chi connectivity index (χ2n) is 4.28. The van der Waals surface area contributed by atoms with Crippen LogP contribution in [0.25, 0.3) is 0 Å². The molecular weight excluding hydrogens is 243 g/mol. The largest absolute Gasteiger partial charge is 0.328 e. The van der Waals surface area contributed by atoms with E-state index >= 15 is 0 Å². The number of benzene rings is 1. The summed E-state index contributed by atoms with van der Waals surface area (Å²) in [4.78, 5) is 9.96. The van der Waals surface area contributed by atoms with Gasteiger partial charge in [-0.3, -0.25) is 4.79 Å². The normalized spacial score (nSPS) is 15.8. The van der Waals surface area contributed by atoms with E-state index < -0.39 is 23.0 Å². The molecule has 2 nitrogen and oxygen atoms in total. The topological polar surface area (TPSA) is 43.1 Å². The molecule has 0 aliphatic heterocycles. The number of carbonyl (C=O) groups excluding carboxylic acids is 1. The molecule has 0 bridgehead atoms. The number of nitrogens with two attached hydrogens (primary N) is 1. The molecule has 0 amide bonds. The third-order valence-electron chi connectivity index (χ3n) is 2.84. The van der Waals surface area contributed by atoms with Crippen LogP contribution in [0.2, 0.25) is 0 Å². The number of halogens is 3. The van der Waals surface area contributed by atoms with Crippen molar-refractivity contribution in [1.29, 1.82) is 0 Å². The quantitative estimate of drug-likeness (QED) is 0.621. The van der Waals surface area contributed by atoms with Crippen LogP contribution in [0.1, 0.15) is 42.5 Å². The zero-order valence-corrected chi connectivity index (χ0v) is 9.96. The van der Waals surface area contributed by atoms with Crippen molar-refractivity contribution in [2.45, 2.75) is 38.1 Å². The van der Waals surface area contributed by atoms with Crippen molar-refractivity contribution in [1.82, 2.24) is 0 Å². The fraction of sp³-hybridized carbons (Fsp3) is 0.462. The van der Waals surface area contributed by atoms with Gasteiger partial charge in [0.25, 0.3) is 0 Å². The first kappa shape index (κ1) is 14.7. The molecule has 5 heteroatoms. The first-order valence-electron chi connectivity index (χ1n) is 5.90. The van der Waals surface area contributed by atoms with Gasteiger partial charge in [-0.2, -0.15) is 0 Å². The Morgan fingerprint density at radius 3 is 2.11 bits per heavy atom. The van der Waals surface area contributed by atoms with Gasteiger partial charge in [0.2, 0.25) is 0 Å². The maximum Gasteiger partial charge on any atom is 0.195 e. The summed E-state index contributed by atoms with van der Waals surface area (Å²) in [6.45, 7) is 0. The lowest BCUT2D eigenvalue weighted by Crippen LogP contribution is -2.22. The van der Waals surface area contributed by atoms with E-state index in [2.05, 4.69) is 0 Å². The van der Waals surface area contributed by atoms with Crippen LogP contribution >= 0.6 is 0 Å². The molecular formula is C13H16F3NO. The van der Waals surface area contributed by atoms with Gasteiger partial charge in [-0.15, -0.1) is 0 Å². The minimum atomic E-state index is -1.62. The van der Waals surface area contributed by atoms with Crippen LogP contribution in [0.3, 0.4) is 0 Å². The van der Waals surface area contributed by atoms with Crippen LogP contribution in [0.5, 0.6) is 0 Å². The fourth-order valence-corrected chi connectivity index (χ4v) is 1.77. The van der Waals surface area contributed by atoms with Gasteiger partial charge < -0.3 is 5.73 Å². The predicted molar refractivity (Wildman–Crippen MR) is 62.8 cm³/mol. The standard InChI is InChI=1S/C7H3F3O.C6H13N/c8-5-2-1-4(3-11)6(9)7(5)10;7-6-4-2-1-3-5-6/h1-3H;6H,1-5,7H2. The highest BCUT2D eigenvalue weighted by Gasteiger charge is 2.11. The first-order chi connectivity index (χ1) is 8.56. The molecule has 2 rings (SSSR count). The lowest BCUT2D eigenvalue weighted by molar-refractivity contribution is 0.111. The van der Waals surface area contributed by atoms with E-state index in [0.717, 1.165) is 6.07 Å². The Kier molecular flexibility index (Phi) is 5.85. The molecule has 0 radical (unpaired) electrons. The van der Waals surface area contributed by atoms with Crippen LogP contribution in [0.4, 0.5) is 13.2 Å². The van der Waals surface area contributed by atoms with Gasteiger partial charge in [0.1, 0.15) is 0 Å². The summed E-state index contributed by atoms with van der Waals surface area (Å²) in [7, 11) is 0. The number of hydrogen-bond donors (Lipinski definition) is 1. The summed E-state index contributed by atoms with van der Waals surface area (Å²) in [6.07, 6.45) is 6.79. The van der Waals surface area contributed by atoms with Crippen molar-refractivity contribution in [3.05, 3.63) is 35.1 Å². The smallest absolute Gasteiger partial charge is 0.195 e. The molecule has 0 heterocycles. The Hall–Kier alpha value is -1.36. The summed E-state index contributed by atoms with van der Waals surface area (Å²) in [6, 6.07) is 2.11. The highest BCUT2D eigenvalue weighted by molar-refractivity contribution is 5.75. The summed E-state index contributed by atoms with van der Waals surface area (Å²) in [5, 5.41) is 0. The molecule has 0 atom stereocenters. The molecule has 1 fully saturated rings. The SMILES string of the molecule is NC1CCCCC1.O=Cc1ccc(F)c(F)c1F. The van der Waals surface area contributed by atoms with Gasteiger partial charge in [0.15, 0.2) is 23.7 Å². The lowest BCUT2D eigenvalue weighted by atomic mass is 9.97. The van der Waals surface area contributed by atoms with Gasteiger partial charge in [-0.05, 0) is 25.0 Å². The second kappa shape index (κ2) is 7.16. The number of rotatable bonds is 1. The Balaban J connectivity index is 0.000000199. The summed E-state index contributed by atoms with van der Waals surface area (Å²) < 4.78 is 36.9. The van der Waals surface area contributed by atoms with Crippen LogP contribution in [0, 0.1) is 17.5 Å². The molecule has 1 aromatic carbocycles. The molecule has 18 heavy (non-hydrogen) atoms. The van der Waals surface area contributed by atoms with Gasteiger partial charge in [-0.25, -0.2) is 13.2 Å². The zero-order valence-electron chi connectivity index (χ0n) is 9.96. The molecule has 1 saturated carbocycles. The van der Waals surface area contributed by atoms with E-state index in [-0.39, 0.29) is 6.29 Å². The van der Waals surface area contributed by atoms with E-state index in [1.807, 2.05) is 0 Å². The molecule has 1 aliphatic carbocycles. The van der Waals surface area contributed by atoms with Crippen molar-refractivity contribution in [2.24, 2.45) is 5.73 Å². The highest BCUT2D eigenvalue weighted by atomic mass is 19.2. The van der Waals surface area contributed by atoms with Crippen molar-refractivity contribution in [2.75, 3.05) is 0 Å². The van der Waals surface area contributed by atoms with Gasteiger partial charge in [0, 0.05) is 6.04 Å². The lowest BCUT2D eigenvalue weighted by Gasteiger charge is -2.15. The van der Waals surface area contributed by atoms with Crippen LogP contribution in [0.15, 0.2) is 12.1 Å². The molecule has 0 unspecified atom stereocenters. The Morgan fingerprint density at radius 2 is 1.67 bits per heavy atom. The van der Waals surface area contributed by atoms with Crippen molar-refractivity contribution in [3.63, 3.8) is 0 Å².